The fourth-order valence-corrected chi connectivity index (χ4v) is 5.02. The monoisotopic (exact) mass is 507 g/mol. The zero-order valence-electron chi connectivity index (χ0n) is 19.3. The maximum atomic E-state index is 13.6. The minimum atomic E-state index is -4.27. The average Bonchev–Trinajstić information content (AvgIpc) is 3.21. The van der Waals surface area contributed by atoms with Crippen molar-refractivity contribution < 1.29 is 27.6 Å². The van der Waals surface area contributed by atoms with Gasteiger partial charge in [0.1, 0.15) is 5.75 Å². The van der Waals surface area contributed by atoms with Gasteiger partial charge in [0, 0.05) is 12.1 Å². The van der Waals surface area contributed by atoms with Crippen molar-refractivity contribution >= 4 is 21.5 Å². The van der Waals surface area contributed by atoms with Crippen molar-refractivity contribution in [3.8, 4) is 17.3 Å². The third-order valence-corrected chi connectivity index (χ3v) is 7.08. The van der Waals surface area contributed by atoms with Crippen molar-refractivity contribution in [3.05, 3.63) is 100 Å². The Labute approximate surface area is 206 Å². The van der Waals surface area contributed by atoms with Crippen LogP contribution in [0.1, 0.15) is 23.0 Å². The highest BCUT2D eigenvalue weighted by Crippen LogP contribution is 2.35. The van der Waals surface area contributed by atoms with Gasteiger partial charge in [-0.15, -0.1) is 0 Å². The van der Waals surface area contributed by atoms with Gasteiger partial charge in [0.05, 0.1) is 33.4 Å². The van der Waals surface area contributed by atoms with Crippen LogP contribution >= 0.6 is 0 Å². The van der Waals surface area contributed by atoms with E-state index in [0.29, 0.717) is 18.0 Å². The largest absolute Gasteiger partial charge is 0.494 e. The third-order valence-electron chi connectivity index (χ3n) is 5.18. The van der Waals surface area contributed by atoms with Crippen molar-refractivity contribution in [1.29, 1.82) is 0 Å². The number of hydrogen-bond donors (Lipinski definition) is 0. The number of carbonyl (C=O) groups is 1. The maximum Gasteiger partial charge on any atom is 0.344 e. The van der Waals surface area contributed by atoms with E-state index in [9.17, 15) is 23.3 Å². The van der Waals surface area contributed by atoms with Crippen LogP contribution in [0.25, 0.3) is 5.69 Å². The molecule has 36 heavy (non-hydrogen) atoms. The Kier molecular flexibility index (Phi) is 6.84. The molecule has 4 aromatic rings. The Morgan fingerprint density at radius 2 is 1.64 bits per heavy atom. The summed E-state index contributed by atoms with van der Waals surface area (Å²) in [5.74, 6) is -0.521. The van der Waals surface area contributed by atoms with Gasteiger partial charge in [-0.05, 0) is 62.4 Å². The van der Waals surface area contributed by atoms with Crippen molar-refractivity contribution in [2.45, 2.75) is 23.6 Å². The molecule has 0 saturated carbocycles. The third kappa shape index (κ3) is 4.82. The minimum absolute atomic E-state index is 0.0895. The molecule has 1 heterocycles. The lowest BCUT2D eigenvalue weighted by Crippen LogP contribution is -2.14. The van der Waals surface area contributed by atoms with Crippen LogP contribution in [-0.2, 0) is 9.84 Å². The number of benzene rings is 3. The predicted octanol–water partition coefficient (Wildman–Crippen LogP) is 4.54. The smallest absolute Gasteiger partial charge is 0.344 e. The summed E-state index contributed by atoms with van der Waals surface area (Å²) in [6.07, 6.45) is 0. The first-order valence-corrected chi connectivity index (χ1v) is 12.3. The molecule has 0 aliphatic rings. The number of sulfone groups is 1. The number of ether oxygens (including phenoxy) is 2. The van der Waals surface area contributed by atoms with Crippen LogP contribution < -0.4 is 9.47 Å². The van der Waals surface area contributed by atoms with Crippen LogP contribution in [0, 0.1) is 17.0 Å². The van der Waals surface area contributed by atoms with Crippen molar-refractivity contribution in [2.75, 3.05) is 6.61 Å². The van der Waals surface area contributed by atoms with Gasteiger partial charge < -0.3 is 9.47 Å². The van der Waals surface area contributed by atoms with Crippen LogP contribution in [0.2, 0.25) is 0 Å². The van der Waals surface area contributed by atoms with E-state index in [1.165, 1.54) is 23.7 Å². The number of hydrogen-bond acceptors (Lipinski definition) is 8. The van der Waals surface area contributed by atoms with Crippen LogP contribution in [0.3, 0.4) is 0 Å². The molecule has 0 aliphatic carbocycles. The van der Waals surface area contributed by atoms with Crippen LogP contribution in [-0.4, -0.2) is 35.7 Å². The first-order valence-electron chi connectivity index (χ1n) is 10.8. The van der Waals surface area contributed by atoms with Gasteiger partial charge in [-0.3, -0.25) is 10.1 Å². The summed E-state index contributed by atoms with van der Waals surface area (Å²) >= 11 is 0. The summed E-state index contributed by atoms with van der Waals surface area (Å²) in [5, 5.41) is 15.3. The molecule has 0 fully saturated rings. The van der Waals surface area contributed by atoms with E-state index >= 15 is 0 Å². The minimum Gasteiger partial charge on any atom is -0.494 e. The zero-order valence-corrected chi connectivity index (χ0v) is 20.1. The molecule has 184 valence electrons. The standard InChI is InChI=1S/C25H21N3O7S/c1-3-34-21-13-9-18(10-14-21)25(29)35-24-23(17(2)26-27(24)19-7-5-4-6-8-19)36(32,33)22-15-11-20(12-16-22)28(30)31/h4-16H,3H2,1-2H3. The number of non-ortho nitro benzene ring substituents is 1. The molecule has 0 N–H and O–H groups in total. The zero-order chi connectivity index (χ0) is 25.9. The Bertz CT molecular complexity index is 1510. The van der Waals surface area contributed by atoms with Gasteiger partial charge in [0.25, 0.3) is 5.69 Å². The molecule has 4 rings (SSSR count). The summed E-state index contributed by atoms with van der Waals surface area (Å²) in [6.45, 7) is 3.78. The summed E-state index contributed by atoms with van der Waals surface area (Å²) in [5.41, 5.74) is 0.482. The van der Waals surface area contributed by atoms with E-state index in [1.54, 1.807) is 42.5 Å². The van der Waals surface area contributed by atoms with Gasteiger partial charge in [0.15, 0.2) is 4.90 Å². The molecule has 0 atom stereocenters. The highest BCUT2D eigenvalue weighted by Gasteiger charge is 2.32. The number of nitro benzene ring substituents is 1. The summed E-state index contributed by atoms with van der Waals surface area (Å²) in [4.78, 5) is 22.9. The molecule has 0 spiro atoms. The fourth-order valence-electron chi connectivity index (χ4n) is 3.50. The molecule has 1 aromatic heterocycles. The van der Waals surface area contributed by atoms with E-state index in [1.807, 2.05) is 6.92 Å². The SMILES string of the molecule is CCOc1ccc(C(=O)Oc2c(S(=O)(=O)c3ccc([N+](=O)[O-])cc3)c(C)nn2-c2ccccc2)cc1. The van der Waals surface area contributed by atoms with Gasteiger partial charge >= 0.3 is 5.97 Å². The first-order chi connectivity index (χ1) is 17.2. The quantitative estimate of drug-likeness (QED) is 0.193. The molecular formula is C25H21N3O7S. The number of carbonyl (C=O) groups excluding carboxylic acids is 1. The van der Waals surface area contributed by atoms with Crippen LogP contribution in [0.15, 0.2) is 88.7 Å². The van der Waals surface area contributed by atoms with Crippen LogP contribution in [0.4, 0.5) is 5.69 Å². The Morgan fingerprint density at radius 1 is 1.00 bits per heavy atom. The lowest BCUT2D eigenvalue weighted by atomic mass is 10.2. The topological polar surface area (TPSA) is 131 Å². The summed E-state index contributed by atoms with van der Waals surface area (Å²) in [6, 6.07) is 19.3. The van der Waals surface area contributed by atoms with E-state index < -0.39 is 20.7 Å². The maximum absolute atomic E-state index is 13.6. The number of aryl methyl sites for hydroxylation is 1. The molecule has 3 aromatic carbocycles. The second-order valence-corrected chi connectivity index (χ2v) is 9.45. The predicted molar refractivity (Wildman–Crippen MR) is 129 cm³/mol. The van der Waals surface area contributed by atoms with Crippen molar-refractivity contribution in [1.82, 2.24) is 9.78 Å². The molecular weight excluding hydrogens is 486 g/mol. The van der Waals surface area contributed by atoms with Gasteiger partial charge in [-0.2, -0.15) is 9.78 Å². The van der Waals surface area contributed by atoms with Crippen molar-refractivity contribution in [2.24, 2.45) is 0 Å². The van der Waals surface area contributed by atoms with E-state index in [-0.39, 0.29) is 32.6 Å². The van der Waals surface area contributed by atoms with E-state index in [4.69, 9.17) is 9.47 Å². The van der Waals surface area contributed by atoms with E-state index in [2.05, 4.69) is 5.10 Å². The number of esters is 1. The number of nitro groups is 1. The first kappa shape index (κ1) is 24.6. The van der Waals surface area contributed by atoms with Gasteiger partial charge in [-0.25, -0.2) is 13.2 Å². The van der Waals surface area contributed by atoms with Crippen LogP contribution in [0.5, 0.6) is 11.6 Å². The molecule has 0 amide bonds. The lowest BCUT2D eigenvalue weighted by molar-refractivity contribution is -0.384. The van der Waals surface area contributed by atoms with Crippen molar-refractivity contribution in [3.63, 3.8) is 0 Å². The summed E-state index contributed by atoms with van der Waals surface area (Å²) in [7, 11) is -4.27. The molecule has 11 heteroatoms. The highest BCUT2D eigenvalue weighted by atomic mass is 32.2. The number of nitrogens with zero attached hydrogens (tertiary/aromatic N) is 3. The van der Waals surface area contributed by atoms with Gasteiger partial charge in [0.2, 0.25) is 15.7 Å². The Morgan fingerprint density at radius 3 is 2.22 bits per heavy atom. The molecule has 0 saturated heterocycles. The normalized spacial score (nSPS) is 11.2. The number of aromatic nitrogens is 2. The second-order valence-electron chi connectivity index (χ2n) is 7.57. The second kappa shape index (κ2) is 10.0. The fraction of sp³-hybridized carbons (Fsp3) is 0.120. The summed E-state index contributed by atoms with van der Waals surface area (Å²) < 4.78 is 39.5. The Balaban J connectivity index is 1.81. The molecule has 0 aliphatic heterocycles. The van der Waals surface area contributed by atoms with E-state index in [0.717, 1.165) is 24.3 Å². The highest BCUT2D eigenvalue weighted by molar-refractivity contribution is 7.91. The molecule has 0 bridgehead atoms. The molecule has 0 radical (unpaired) electrons. The molecule has 10 nitrogen and oxygen atoms in total. The number of rotatable bonds is 8. The molecule has 0 unspecified atom stereocenters. The Hall–Kier alpha value is -4.51. The number of para-hydroxylation sites is 1. The lowest BCUT2D eigenvalue weighted by Gasteiger charge is -2.11. The average molecular weight is 508 g/mol. The van der Waals surface area contributed by atoms with Gasteiger partial charge in [-0.1, -0.05) is 18.2 Å².